The SMILES string of the molecule is CCN(CC)C(/C=N/C(=S)Nc1ccc(Cl)cc1)c1ccccc1. The molecule has 0 aliphatic rings. The molecule has 0 saturated carbocycles. The van der Waals surface area contributed by atoms with Gasteiger partial charge in [-0.25, -0.2) is 4.99 Å². The van der Waals surface area contributed by atoms with Gasteiger partial charge >= 0.3 is 0 Å². The van der Waals surface area contributed by atoms with Crippen molar-refractivity contribution in [2.75, 3.05) is 18.4 Å². The van der Waals surface area contributed by atoms with Gasteiger partial charge in [-0.1, -0.05) is 55.8 Å². The molecule has 3 nitrogen and oxygen atoms in total. The van der Waals surface area contributed by atoms with Crippen molar-refractivity contribution < 1.29 is 0 Å². The highest BCUT2D eigenvalue weighted by molar-refractivity contribution is 7.80. The first kappa shape index (κ1) is 18.6. The number of halogens is 1. The molecule has 5 heteroatoms. The predicted molar refractivity (Wildman–Crippen MR) is 108 cm³/mol. The van der Waals surface area contributed by atoms with Crippen molar-refractivity contribution in [2.24, 2.45) is 4.99 Å². The molecule has 1 unspecified atom stereocenters. The van der Waals surface area contributed by atoms with E-state index >= 15 is 0 Å². The molecule has 0 aliphatic heterocycles. The lowest BCUT2D eigenvalue weighted by molar-refractivity contribution is 0.275. The van der Waals surface area contributed by atoms with E-state index in [2.05, 4.69) is 41.2 Å². The van der Waals surface area contributed by atoms with Crippen LogP contribution in [0.3, 0.4) is 0 Å². The van der Waals surface area contributed by atoms with Crippen molar-refractivity contribution in [1.29, 1.82) is 0 Å². The molecular weight excluding hydrogens is 338 g/mol. The van der Waals surface area contributed by atoms with E-state index < -0.39 is 0 Å². The van der Waals surface area contributed by atoms with E-state index in [-0.39, 0.29) is 6.04 Å². The van der Waals surface area contributed by atoms with Gasteiger partial charge in [0.15, 0.2) is 5.11 Å². The van der Waals surface area contributed by atoms with Crippen LogP contribution >= 0.6 is 23.8 Å². The third kappa shape index (κ3) is 5.41. The summed E-state index contributed by atoms with van der Waals surface area (Å²) in [4.78, 5) is 6.79. The van der Waals surface area contributed by atoms with Crippen LogP contribution in [0.5, 0.6) is 0 Å². The lowest BCUT2D eigenvalue weighted by Gasteiger charge is -2.27. The van der Waals surface area contributed by atoms with Crippen LogP contribution in [0.2, 0.25) is 5.02 Å². The molecule has 2 aromatic rings. The molecule has 1 atom stereocenters. The highest BCUT2D eigenvalue weighted by Crippen LogP contribution is 2.19. The Morgan fingerprint density at radius 3 is 2.33 bits per heavy atom. The number of hydrogen-bond acceptors (Lipinski definition) is 2. The van der Waals surface area contributed by atoms with Crippen LogP contribution in [0.4, 0.5) is 5.69 Å². The van der Waals surface area contributed by atoms with Crippen molar-refractivity contribution in [1.82, 2.24) is 4.90 Å². The van der Waals surface area contributed by atoms with Crippen molar-refractivity contribution in [3.8, 4) is 0 Å². The fraction of sp³-hybridized carbons (Fsp3) is 0.263. The first-order valence-corrected chi connectivity index (χ1v) is 8.82. The van der Waals surface area contributed by atoms with E-state index in [1.54, 1.807) is 0 Å². The molecule has 0 heterocycles. The second kappa shape index (κ2) is 9.52. The van der Waals surface area contributed by atoms with Crippen molar-refractivity contribution in [3.63, 3.8) is 0 Å². The summed E-state index contributed by atoms with van der Waals surface area (Å²) in [6.07, 6.45) is 1.91. The standard InChI is InChI=1S/C19H22ClN3S/c1-3-23(4-2)18(15-8-6-5-7-9-15)14-21-19(24)22-17-12-10-16(20)11-13-17/h5-14,18H,3-4H2,1-2H3,(H,22,24)/b21-14+. The molecule has 0 amide bonds. The third-order valence-electron chi connectivity index (χ3n) is 3.78. The molecule has 0 radical (unpaired) electrons. The van der Waals surface area contributed by atoms with Crippen molar-refractivity contribution >= 4 is 40.8 Å². The van der Waals surface area contributed by atoms with Gasteiger partial charge in [-0.2, -0.15) is 0 Å². The Bertz CT molecular complexity index is 667. The van der Waals surface area contributed by atoms with Crippen molar-refractivity contribution in [3.05, 3.63) is 65.2 Å². The molecule has 1 N–H and O–H groups in total. The average Bonchev–Trinajstić information content (AvgIpc) is 2.61. The van der Waals surface area contributed by atoms with Crippen LogP contribution in [0.1, 0.15) is 25.5 Å². The molecular formula is C19H22ClN3S. The summed E-state index contributed by atoms with van der Waals surface area (Å²) in [7, 11) is 0. The van der Waals surface area contributed by atoms with Gasteiger partial charge in [-0.15, -0.1) is 0 Å². The minimum Gasteiger partial charge on any atom is -0.331 e. The summed E-state index contributed by atoms with van der Waals surface area (Å²) in [5.41, 5.74) is 2.08. The quantitative estimate of drug-likeness (QED) is 0.568. The Hall–Kier alpha value is -1.75. The van der Waals surface area contributed by atoms with E-state index in [0.29, 0.717) is 10.1 Å². The van der Waals surface area contributed by atoms with E-state index in [0.717, 1.165) is 18.8 Å². The Kier molecular flexibility index (Phi) is 7.37. The number of thiocarbonyl (C=S) groups is 1. The Balaban J connectivity index is 2.11. The van der Waals surface area contributed by atoms with Crippen LogP contribution in [-0.2, 0) is 0 Å². The molecule has 126 valence electrons. The molecule has 0 spiro atoms. The lowest BCUT2D eigenvalue weighted by atomic mass is 10.1. The normalized spacial score (nSPS) is 12.5. The summed E-state index contributed by atoms with van der Waals surface area (Å²) >= 11 is 11.2. The van der Waals surface area contributed by atoms with Gasteiger partial charge in [0, 0.05) is 16.9 Å². The fourth-order valence-electron chi connectivity index (χ4n) is 2.49. The minimum absolute atomic E-state index is 0.103. The summed E-state index contributed by atoms with van der Waals surface area (Å²) < 4.78 is 0. The maximum atomic E-state index is 5.89. The monoisotopic (exact) mass is 359 g/mol. The number of hydrogen-bond donors (Lipinski definition) is 1. The highest BCUT2D eigenvalue weighted by Gasteiger charge is 2.15. The summed E-state index contributed by atoms with van der Waals surface area (Å²) in [5, 5.41) is 4.24. The van der Waals surface area contributed by atoms with Gasteiger partial charge in [0.2, 0.25) is 0 Å². The van der Waals surface area contributed by atoms with Crippen LogP contribution in [0.25, 0.3) is 0 Å². The predicted octanol–water partition coefficient (Wildman–Crippen LogP) is 5.19. The van der Waals surface area contributed by atoms with E-state index in [4.69, 9.17) is 23.8 Å². The fourth-order valence-corrected chi connectivity index (χ4v) is 2.79. The third-order valence-corrected chi connectivity index (χ3v) is 4.23. The molecule has 0 bridgehead atoms. The largest absolute Gasteiger partial charge is 0.331 e. The van der Waals surface area contributed by atoms with Gasteiger partial charge in [-0.05, 0) is 55.1 Å². The summed E-state index contributed by atoms with van der Waals surface area (Å²) in [6.45, 7) is 6.19. The molecule has 0 fully saturated rings. The Labute approximate surface area is 154 Å². The first-order valence-electron chi connectivity index (χ1n) is 8.03. The smallest absolute Gasteiger partial charge is 0.196 e. The van der Waals surface area contributed by atoms with Gasteiger partial charge in [-0.3, -0.25) is 4.90 Å². The number of aliphatic imine (C=N–C) groups is 1. The average molecular weight is 360 g/mol. The van der Waals surface area contributed by atoms with Gasteiger partial charge in [0.25, 0.3) is 0 Å². The maximum absolute atomic E-state index is 5.89. The van der Waals surface area contributed by atoms with Gasteiger partial charge < -0.3 is 5.32 Å². The van der Waals surface area contributed by atoms with Gasteiger partial charge in [0.05, 0.1) is 6.04 Å². The maximum Gasteiger partial charge on any atom is 0.196 e. The Morgan fingerprint density at radius 2 is 1.75 bits per heavy atom. The molecule has 2 aromatic carbocycles. The minimum atomic E-state index is 0.103. The number of nitrogens with one attached hydrogen (secondary N) is 1. The zero-order chi connectivity index (χ0) is 17.4. The number of benzene rings is 2. The molecule has 24 heavy (non-hydrogen) atoms. The highest BCUT2D eigenvalue weighted by atomic mass is 35.5. The summed E-state index contributed by atoms with van der Waals surface area (Å²) in [5.74, 6) is 0. The zero-order valence-electron chi connectivity index (χ0n) is 13.9. The topological polar surface area (TPSA) is 27.6 Å². The van der Waals surface area contributed by atoms with E-state index in [1.807, 2.05) is 48.7 Å². The van der Waals surface area contributed by atoms with Crippen LogP contribution in [0.15, 0.2) is 59.6 Å². The number of nitrogens with zero attached hydrogens (tertiary/aromatic N) is 2. The number of rotatable bonds is 6. The van der Waals surface area contributed by atoms with Crippen molar-refractivity contribution in [2.45, 2.75) is 19.9 Å². The molecule has 0 aromatic heterocycles. The second-order valence-electron chi connectivity index (χ2n) is 5.29. The lowest BCUT2D eigenvalue weighted by Crippen LogP contribution is -2.29. The summed E-state index contributed by atoms with van der Waals surface area (Å²) in [6, 6.07) is 17.8. The zero-order valence-corrected chi connectivity index (χ0v) is 15.5. The van der Waals surface area contributed by atoms with Crippen LogP contribution < -0.4 is 5.32 Å². The molecule has 0 aliphatic carbocycles. The van der Waals surface area contributed by atoms with Gasteiger partial charge in [0.1, 0.15) is 0 Å². The van der Waals surface area contributed by atoms with E-state index in [9.17, 15) is 0 Å². The first-order chi connectivity index (χ1) is 11.6. The Morgan fingerprint density at radius 1 is 1.12 bits per heavy atom. The number of anilines is 1. The molecule has 2 rings (SSSR count). The van der Waals surface area contributed by atoms with Crippen LogP contribution in [0, 0.1) is 0 Å². The molecule has 0 saturated heterocycles. The second-order valence-corrected chi connectivity index (χ2v) is 6.12. The van der Waals surface area contributed by atoms with Crippen LogP contribution in [-0.4, -0.2) is 29.3 Å². The van der Waals surface area contributed by atoms with E-state index in [1.165, 1.54) is 5.56 Å².